The molecule has 0 atom stereocenters. The second kappa shape index (κ2) is 3.87. The molecule has 13 heavy (non-hydrogen) atoms. The van der Waals surface area contributed by atoms with Gasteiger partial charge in [-0.3, -0.25) is 0 Å². The molecule has 0 aromatic carbocycles. The van der Waals surface area contributed by atoms with Crippen molar-refractivity contribution in [1.82, 2.24) is 4.98 Å². The maximum Gasteiger partial charge on any atom is 0.422 e. The zero-order valence-corrected chi connectivity index (χ0v) is 7.02. The van der Waals surface area contributed by atoms with Gasteiger partial charge in [0.25, 0.3) is 0 Å². The van der Waals surface area contributed by atoms with Gasteiger partial charge in [0.05, 0.1) is 11.6 Å². The van der Waals surface area contributed by atoms with Gasteiger partial charge in [0, 0.05) is 0 Å². The zero-order valence-electron chi connectivity index (χ0n) is 6.27. The molecule has 0 aliphatic rings. The summed E-state index contributed by atoms with van der Waals surface area (Å²) in [5, 5.41) is 0. The van der Waals surface area contributed by atoms with Gasteiger partial charge in [-0.1, -0.05) is 0 Å². The van der Waals surface area contributed by atoms with E-state index in [1.807, 2.05) is 0 Å². The van der Waals surface area contributed by atoms with Crippen LogP contribution in [0.25, 0.3) is 0 Å². The van der Waals surface area contributed by atoms with E-state index in [1.54, 1.807) is 0 Å². The Morgan fingerprint density at radius 1 is 1.54 bits per heavy atom. The molecule has 3 nitrogen and oxygen atoms in total. The highest BCUT2D eigenvalue weighted by Crippen LogP contribution is 2.18. The predicted octanol–water partition coefficient (Wildman–Crippen LogP) is 2.35. The molecule has 0 amide bonds. The Labute approximate surface area is 76.5 Å². The third-order valence-corrected chi connectivity index (χ3v) is 1.30. The first-order valence-electron chi connectivity index (χ1n) is 3.21. The summed E-state index contributed by atoms with van der Waals surface area (Å²) in [7, 11) is 0. The van der Waals surface area contributed by atoms with Gasteiger partial charge in [-0.2, -0.15) is 18.2 Å². The predicted molar refractivity (Wildman–Crippen MR) is 37.6 cm³/mol. The molecule has 1 heterocycles. The average Bonchev–Trinajstić information content (AvgIpc) is 2.47. The Morgan fingerprint density at radius 3 is 2.69 bits per heavy atom. The van der Waals surface area contributed by atoms with Crippen molar-refractivity contribution in [3.8, 4) is 6.08 Å². The lowest BCUT2D eigenvalue weighted by atomic mass is 10.6. The van der Waals surface area contributed by atoms with Crippen molar-refractivity contribution in [1.29, 1.82) is 0 Å². The van der Waals surface area contributed by atoms with Crippen LogP contribution in [0.1, 0.15) is 5.69 Å². The van der Waals surface area contributed by atoms with Crippen LogP contribution in [-0.2, 0) is 5.88 Å². The van der Waals surface area contributed by atoms with Crippen LogP contribution in [0.3, 0.4) is 0 Å². The zero-order chi connectivity index (χ0) is 9.90. The van der Waals surface area contributed by atoms with Gasteiger partial charge >= 0.3 is 12.3 Å². The molecule has 0 radical (unpaired) electrons. The smallest absolute Gasteiger partial charge is 0.422 e. The van der Waals surface area contributed by atoms with E-state index in [4.69, 9.17) is 11.6 Å². The number of halogens is 4. The molecule has 1 rings (SSSR count). The first-order chi connectivity index (χ1) is 6.01. The Morgan fingerprint density at radius 2 is 2.23 bits per heavy atom. The second-order valence-corrected chi connectivity index (χ2v) is 2.41. The standard InChI is InChI=1S/C6H5ClF3NO2/c7-1-4-2-12-5(11-4)13-3-6(8,9)10/h2H,1,3H2. The molecule has 74 valence electrons. The van der Waals surface area contributed by atoms with Gasteiger partial charge in [0.15, 0.2) is 6.61 Å². The number of aromatic nitrogens is 1. The van der Waals surface area contributed by atoms with Crippen molar-refractivity contribution in [3.05, 3.63) is 12.0 Å². The van der Waals surface area contributed by atoms with Crippen molar-refractivity contribution in [2.75, 3.05) is 6.61 Å². The Balaban J connectivity index is 2.46. The maximum absolute atomic E-state index is 11.6. The van der Waals surface area contributed by atoms with Crippen molar-refractivity contribution >= 4 is 11.6 Å². The minimum Gasteiger partial charge on any atom is -0.441 e. The van der Waals surface area contributed by atoms with Gasteiger partial charge in [-0.05, 0) is 0 Å². The van der Waals surface area contributed by atoms with E-state index < -0.39 is 18.9 Å². The molecule has 0 aliphatic carbocycles. The largest absolute Gasteiger partial charge is 0.441 e. The molecule has 0 aliphatic heterocycles. The van der Waals surface area contributed by atoms with Crippen molar-refractivity contribution in [2.24, 2.45) is 0 Å². The number of nitrogens with zero attached hydrogens (tertiary/aromatic N) is 1. The fourth-order valence-electron chi connectivity index (χ4n) is 0.560. The Hall–Kier alpha value is -0.910. The molecular formula is C6H5ClF3NO2. The van der Waals surface area contributed by atoms with Crippen molar-refractivity contribution in [3.63, 3.8) is 0 Å². The molecule has 0 bridgehead atoms. The molecular weight excluding hydrogens is 211 g/mol. The first-order valence-corrected chi connectivity index (χ1v) is 3.74. The van der Waals surface area contributed by atoms with Crippen LogP contribution < -0.4 is 4.74 Å². The van der Waals surface area contributed by atoms with Gasteiger partial charge in [0.2, 0.25) is 0 Å². The third-order valence-electron chi connectivity index (χ3n) is 1.03. The molecule has 7 heteroatoms. The topological polar surface area (TPSA) is 35.3 Å². The average molecular weight is 216 g/mol. The first kappa shape index (κ1) is 10.2. The molecule has 1 aromatic heterocycles. The van der Waals surface area contributed by atoms with Crippen LogP contribution in [0.2, 0.25) is 0 Å². The van der Waals surface area contributed by atoms with E-state index >= 15 is 0 Å². The fraction of sp³-hybridized carbons (Fsp3) is 0.500. The molecule has 0 saturated carbocycles. The lowest BCUT2D eigenvalue weighted by molar-refractivity contribution is -0.156. The van der Waals surface area contributed by atoms with Crippen LogP contribution in [0.4, 0.5) is 13.2 Å². The summed E-state index contributed by atoms with van der Waals surface area (Å²) in [5.74, 6) is 0.0683. The van der Waals surface area contributed by atoms with Crippen LogP contribution in [0.5, 0.6) is 6.08 Å². The van der Waals surface area contributed by atoms with Gasteiger partial charge < -0.3 is 9.15 Å². The third kappa shape index (κ3) is 3.54. The summed E-state index contributed by atoms with van der Waals surface area (Å²) < 4.78 is 43.6. The van der Waals surface area contributed by atoms with E-state index in [0.29, 0.717) is 5.69 Å². The molecule has 0 unspecified atom stereocenters. The number of rotatable bonds is 3. The minimum atomic E-state index is -4.39. The van der Waals surface area contributed by atoms with E-state index in [2.05, 4.69) is 14.1 Å². The summed E-state index contributed by atoms with van der Waals surface area (Å²) in [6.07, 6.45) is -3.68. The van der Waals surface area contributed by atoms with Crippen LogP contribution in [0.15, 0.2) is 10.7 Å². The number of alkyl halides is 4. The fourth-order valence-corrected chi connectivity index (χ4v) is 0.682. The van der Waals surface area contributed by atoms with E-state index in [-0.39, 0.29) is 5.88 Å². The molecule has 0 N–H and O–H groups in total. The highest BCUT2D eigenvalue weighted by atomic mass is 35.5. The van der Waals surface area contributed by atoms with E-state index in [9.17, 15) is 13.2 Å². The summed E-state index contributed by atoms with van der Waals surface area (Å²) in [6.45, 7) is -1.42. The highest BCUT2D eigenvalue weighted by molar-refractivity contribution is 6.16. The quantitative estimate of drug-likeness (QED) is 0.726. The van der Waals surface area contributed by atoms with Crippen LogP contribution >= 0.6 is 11.6 Å². The van der Waals surface area contributed by atoms with E-state index in [0.717, 1.165) is 6.26 Å². The number of ether oxygens (including phenoxy) is 1. The van der Waals surface area contributed by atoms with E-state index in [1.165, 1.54) is 0 Å². The lowest BCUT2D eigenvalue weighted by Gasteiger charge is -2.04. The number of oxazole rings is 1. The normalized spacial score (nSPS) is 11.7. The van der Waals surface area contributed by atoms with Crippen molar-refractivity contribution in [2.45, 2.75) is 12.1 Å². The lowest BCUT2D eigenvalue weighted by Crippen LogP contribution is -2.19. The SMILES string of the molecule is FC(F)(F)COc1nc(CCl)co1. The molecule has 0 saturated heterocycles. The Bertz CT molecular complexity index is 273. The summed E-state index contributed by atoms with van der Waals surface area (Å²) in [6, 6.07) is 0. The molecule has 1 aromatic rings. The van der Waals surface area contributed by atoms with Crippen LogP contribution in [-0.4, -0.2) is 17.8 Å². The minimum absolute atomic E-state index is 0.0683. The summed E-state index contributed by atoms with van der Waals surface area (Å²) >= 11 is 5.33. The van der Waals surface area contributed by atoms with Gasteiger partial charge in [0.1, 0.15) is 6.26 Å². The summed E-state index contributed by atoms with van der Waals surface area (Å²) in [4.78, 5) is 3.51. The molecule has 0 spiro atoms. The van der Waals surface area contributed by atoms with Gasteiger partial charge in [-0.15, -0.1) is 11.6 Å². The number of hydrogen-bond donors (Lipinski definition) is 0. The molecule has 0 fully saturated rings. The monoisotopic (exact) mass is 215 g/mol. The van der Waals surface area contributed by atoms with Crippen molar-refractivity contribution < 1.29 is 22.3 Å². The van der Waals surface area contributed by atoms with Crippen LogP contribution in [0, 0.1) is 0 Å². The Kier molecular flexibility index (Phi) is 3.02. The highest BCUT2D eigenvalue weighted by Gasteiger charge is 2.29. The summed E-state index contributed by atoms with van der Waals surface area (Å²) in [5.41, 5.74) is 0.332. The number of hydrogen-bond acceptors (Lipinski definition) is 3. The second-order valence-electron chi connectivity index (χ2n) is 2.14. The maximum atomic E-state index is 11.6. The van der Waals surface area contributed by atoms with Gasteiger partial charge in [-0.25, -0.2) is 0 Å².